The molecule has 0 bridgehead atoms. The van der Waals surface area contributed by atoms with Gasteiger partial charge in [0, 0.05) is 23.5 Å². The summed E-state index contributed by atoms with van der Waals surface area (Å²) in [5, 5.41) is 4.35. The zero-order valence-corrected chi connectivity index (χ0v) is 14.9. The van der Waals surface area contributed by atoms with Crippen molar-refractivity contribution in [3.63, 3.8) is 0 Å². The molecule has 1 amide bonds. The number of benzene rings is 1. The standard InChI is InChI=1S/C18H18N4O2S/c1-11-8-13-17(19-10-20-18(13)25-11)21-12-5-6-15(24-2)14(9-12)22-7-3-4-16(22)23/h5-6,8-10H,3-4,7H2,1-2H3,(H,19,20,21). The van der Waals surface area contributed by atoms with Crippen LogP contribution in [-0.2, 0) is 4.79 Å². The number of hydrogen-bond acceptors (Lipinski definition) is 6. The molecule has 1 N–H and O–H groups in total. The summed E-state index contributed by atoms with van der Waals surface area (Å²) in [6.07, 6.45) is 3.02. The molecule has 3 heterocycles. The molecule has 1 aliphatic rings. The maximum atomic E-state index is 12.1. The van der Waals surface area contributed by atoms with Gasteiger partial charge in [0.05, 0.1) is 18.2 Å². The van der Waals surface area contributed by atoms with Crippen molar-refractivity contribution in [2.24, 2.45) is 0 Å². The number of hydrogen-bond donors (Lipinski definition) is 1. The molecule has 2 aromatic heterocycles. The van der Waals surface area contributed by atoms with E-state index >= 15 is 0 Å². The minimum absolute atomic E-state index is 0.133. The SMILES string of the molecule is COc1ccc(Nc2ncnc3sc(C)cc23)cc1N1CCCC1=O. The Morgan fingerprint density at radius 1 is 1.28 bits per heavy atom. The van der Waals surface area contributed by atoms with Crippen LogP contribution in [0.2, 0.25) is 0 Å². The lowest BCUT2D eigenvalue weighted by atomic mass is 10.2. The van der Waals surface area contributed by atoms with Crippen molar-refractivity contribution in [2.75, 3.05) is 23.9 Å². The van der Waals surface area contributed by atoms with Crippen molar-refractivity contribution in [1.29, 1.82) is 0 Å². The molecule has 0 unspecified atom stereocenters. The second kappa shape index (κ2) is 6.33. The van der Waals surface area contributed by atoms with E-state index < -0.39 is 0 Å². The Morgan fingerprint density at radius 3 is 2.92 bits per heavy atom. The normalized spacial score (nSPS) is 14.3. The van der Waals surface area contributed by atoms with E-state index in [0.717, 1.165) is 40.4 Å². The van der Waals surface area contributed by atoms with Crippen LogP contribution in [0.4, 0.5) is 17.2 Å². The first-order chi connectivity index (χ1) is 12.2. The molecule has 4 rings (SSSR count). The smallest absolute Gasteiger partial charge is 0.227 e. The van der Waals surface area contributed by atoms with E-state index in [1.165, 1.54) is 4.88 Å². The fourth-order valence-corrected chi connectivity index (χ4v) is 3.94. The van der Waals surface area contributed by atoms with Crippen molar-refractivity contribution in [3.05, 3.63) is 35.5 Å². The highest BCUT2D eigenvalue weighted by atomic mass is 32.1. The summed E-state index contributed by atoms with van der Waals surface area (Å²) >= 11 is 1.64. The van der Waals surface area contributed by atoms with Crippen LogP contribution in [0.25, 0.3) is 10.2 Å². The molecule has 1 saturated heterocycles. The average molecular weight is 354 g/mol. The summed E-state index contributed by atoms with van der Waals surface area (Å²) < 4.78 is 5.44. The summed E-state index contributed by atoms with van der Waals surface area (Å²) in [5.41, 5.74) is 1.65. The molecule has 0 aliphatic carbocycles. The lowest BCUT2D eigenvalue weighted by Gasteiger charge is -2.20. The zero-order chi connectivity index (χ0) is 17.4. The second-order valence-electron chi connectivity index (χ2n) is 5.96. The monoisotopic (exact) mass is 354 g/mol. The van der Waals surface area contributed by atoms with Crippen molar-refractivity contribution >= 4 is 44.7 Å². The van der Waals surface area contributed by atoms with Gasteiger partial charge in [-0.1, -0.05) is 0 Å². The largest absolute Gasteiger partial charge is 0.495 e. The lowest BCUT2D eigenvalue weighted by molar-refractivity contribution is -0.117. The van der Waals surface area contributed by atoms with E-state index in [1.54, 1.807) is 29.7 Å². The number of nitrogens with one attached hydrogen (secondary N) is 1. The molecule has 6 nitrogen and oxygen atoms in total. The zero-order valence-electron chi connectivity index (χ0n) is 14.1. The Hall–Kier alpha value is -2.67. The molecule has 25 heavy (non-hydrogen) atoms. The van der Waals surface area contributed by atoms with Crippen LogP contribution in [0.5, 0.6) is 5.75 Å². The molecular weight excluding hydrogens is 336 g/mol. The predicted molar refractivity (Wildman–Crippen MR) is 100 cm³/mol. The fraction of sp³-hybridized carbons (Fsp3) is 0.278. The number of anilines is 3. The number of rotatable bonds is 4. The number of ether oxygens (including phenoxy) is 1. The minimum atomic E-state index is 0.133. The number of aryl methyl sites for hydroxylation is 1. The van der Waals surface area contributed by atoms with Gasteiger partial charge in [-0.15, -0.1) is 11.3 Å². The summed E-state index contributed by atoms with van der Waals surface area (Å²) in [6.45, 7) is 2.78. The van der Waals surface area contributed by atoms with E-state index in [0.29, 0.717) is 12.2 Å². The first-order valence-electron chi connectivity index (χ1n) is 8.12. The molecule has 3 aromatic rings. The minimum Gasteiger partial charge on any atom is -0.495 e. The molecule has 7 heteroatoms. The first kappa shape index (κ1) is 15.8. The van der Waals surface area contributed by atoms with Gasteiger partial charge in [-0.05, 0) is 37.6 Å². The number of carbonyl (C=O) groups excluding carboxylic acids is 1. The molecule has 1 fully saturated rings. The van der Waals surface area contributed by atoms with Gasteiger partial charge in [-0.2, -0.15) is 0 Å². The van der Waals surface area contributed by atoms with Gasteiger partial charge in [0.25, 0.3) is 0 Å². The third kappa shape index (κ3) is 2.91. The molecule has 1 aliphatic heterocycles. The topological polar surface area (TPSA) is 67.3 Å². The van der Waals surface area contributed by atoms with Crippen LogP contribution < -0.4 is 15.0 Å². The lowest BCUT2D eigenvalue weighted by Crippen LogP contribution is -2.24. The number of nitrogens with zero attached hydrogens (tertiary/aromatic N) is 3. The molecule has 0 spiro atoms. The molecular formula is C18H18N4O2S. The Balaban J connectivity index is 1.72. The number of aromatic nitrogens is 2. The van der Waals surface area contributed by atoms with Crippen LogP contribution in [0.3, 0.4) is 0 Å². The average Bonchev–Trinajstić information content (AvgIpc) is 3.20. The Labute approximate surface area is 149 Å². The Bertz CT molecular complexity index is 953. The molecule has 128 valence electrons. The van der Waals surface area contributed by atoms with Gasteiger partial charge >= 0.3 is 0 Å². The number of thiophene rings is 1. The number of methoxy groups -OCH3 is 1. The van der Waals surface area contributed by atoms with Crippen molar-refractivity contribution in [1.82, 2.24) is 9.97 Å². The number of fused-ring (bicyclic) bond motifs is 1. The second-order valence-corrected chi connectivity index (χ2v) is 7.19. The van der Waals surface area contributed by atoms with Crippen LogP contribution in [0.15, 0.2) is 30.6 Å². The van der Waals surface area contributed by atoms with Crippen LogP contribution in [0, 0.1) is 6.92 Å². The highest BCUT2D eigenvalue weighted by Gasteiger charge is 2.24. The molecule has 0 atom stereocenters. The molecule has 0 saturated carbocycles. The summed E-state index contributed by atoms with van der Waals surface area (Å²) in [6, 6.07) is 7.82. The van der Waals surface area contributed by atoms with Gasteiger partial charge in [0.1, 0.15) is 22.7 Å². The third-order valence-corrected chi connectivity index (χ3v) is 5.22. The van der Waals surface area contributed by atoms with E-state index in [2.05, 4.69) is 28.3 Å². The van der Waals surface area contributed by atoms with E-state index in [1.807, 2.05) is 18.2 Å². The first-order valence-corrected chi connectivity index (χ1v) is 8.94. The van der Waals surface area contributed by atoms with E-state index in [-0.39, 0.29) is 5.91 Å². The summed E-state index contributed by atoms with van der Waals surface area (Å²) in [4.78, 5) is 24.7. The van der Waals surface area contributed by atoms with Crippen molar-refractivity contribution in [3.8, 4) is 5.75 Å². The third-order valence-electron chi connectivity index (χ3n) is 4.26. The van der Waals surface area contributed by atoms with Crippen LogP contribution in [0.1, 0.15) is 17.7 Å². The fourth-order valence-electron chi connectivity index (χ4n) is 3.09. The highest BCUT2D eigenvalue weighted by Crippen LogP contribution is 2.36. The van der Waals surface area contributed by atoms with E-state index in [4.69, 9.17) is 4.74 Å². The summed E-state index contributed by atoms with van der Waals surface area (Å²) in [7, 11) is 1.62. The Kier molecular flexibility index (Phi) is 4.01. The summed E-state index contributed by atoms with van der Waals surface area (Å²) in [5.74, 6) is 1.59. The van der Waals surface area contributed by atoms with Crippen molar-refractivity contribution < 1.29 is 9.53 Å². The van der Waals surface area contributed by atoms with Gasteiger partial charge in [0.15, 0.2) is 0 Å². The molecule has 1 aromatic carbocycles. The van der Waals surface area contributed by atoms with Gasteiger partial charge < -0.3 is 15.0 Å². The Morgan fingerprint density at radius 2 is 2.16 bits per heavy atom. The van der Waals surface area contributed by atoms with E-state index in [9.17, 15) is 4.79 Å². The van der Waals surface area contributed by atoms with Crippen LogP contribution >= 0.6 is 11.3 Å². The predicted octanol–water partition coefficient (Wildman–Crippen LogP) is 3.88. The van der Waals surface area contributed by atoms with Crippen LogP contribution in [-0.4, -0.2) is 29.5 Å². The van der Waals surface area contributed by atoms with Gasteiger partial charge in [-0.25, -0.2) is 9.97 Å². The molecule has 0 radical (unpaired) electrons. The quantitative estimate of drug-likeness (QED) is 0.770. The van der Waals surface area contributed by atoms with Gasteiger partial charge in [0.2, 0.25) is 5.91 Å². The number of carbonyl (C=O) groups is 1. The maximum Gasteiger partial charge on any atom is 0.227 e. The number of amides is 1. The van der Waals surface area contributed by atoms with Crippen molar-refractivity contribution in [2.45, 2.75) is 19.8 Å². The van der Waals surface area contributed by atoms with Gasteiger partial charge in [-0.3, -0.25) is 4.79 Å². The highest BCUT2D eigenvalue weighted by molar-refractivity contribution is 7.18. The maximum absolute atomic E-state index is 12.1.